The molecule has 66 valence electrons. The quantitative estimate of drug-likeness (QED) is 0.583. The van der Waals surface area contributed by atoms with Crippen molar-refractivity contribution in [2.75, 3.05) is 7.11 Å². The van der Waals surface area contributed by atoms with Crippen LogP contribution in [0, 0.1) is 13.8 Å². The summed E-state index contributed by atoms with van der Waals surface area (Å²) in [4.78, 5) is 11.2. The van der Waals surface area contributed by atoms with E-state index in [4.69, 9.17) is 0 Å². The number of methoxy groups -OCH3 is 1. The molecule has 0 aliphatic carbocycles. The number of rotatable bonds is 1. The third-order valence-electron chi connectivity index (χ3n) is 1.90. The number of carbonyl (C=O) groups excluding carboxylic acids is 1. The van der Waals surface area contributed by atoms with Gasteiger partial charge in [-0.05, 0) is 13.8 Å². The maximum Gasteiger partial charge on any atom is 0.356 e. The van der Waals surface area contributed by atoms with Gasteiger partial charge in [-0.3, -0.25) is 4.68 Å². The van der Waals surface area contributed by atoms with Crippen LogP contribution in [0.4, 0.5) is 0 Å². The third kappa shape index (κ3) is 1.20. The minimum Gasteiger partial charge on any atom is -0.464 e. The summed E-state index contributed by atoms with van der Waals surface area (Å²) in [6, 6.07) is 0. The lowest BCUT2D eigenvalue weighted by molar-refractivity contribution is 0.0587. The molecule has 0 radical (unpaired) electrons. The topological polar surface area (TPSA) is 44.1 Å². The van der Waals surface area contributed by atoms with Crippen molar-refractivity contribution in [1.29, 1.82) is 0 Å². The first-order chi connectivity index (χ1) is 5.57. The summed E-state index contributed by atoms with van der Waals surface area (Å²) < 4.78 is 6.15. The van der Waals surface area contributed by atoms with E-state index >= 15 is 0 Å². The zero-order chi connectivity index (χ0) is 9.30. The van der Waals surface area contributed by atoms with E-state index in [1.807, 2.05) is 13.8 Å². The van der Waals surface area contributed by atoms with Gasteiger partial charge in [0.2, 0.25) is 0 Å². The van der Waals surface area contributed by atoms with Crippen LogP contribution in [0.5, 0.6) is 0 Å². The van der Waals surface area contributed by atoms with Crippen LogP contribution >= 0.6 is 0 Å². The molecule has 0 bridgehead atoms. The van der Waals surface area contributed by atoms with Crippen LogP contribution in [0.2, 0.25) is 0 Å². The number of aromatic nitrogens is 2. The Bertz CT molecular complexity index is 315. The second-order valence-electron chi connectivity index (χ2n) is 2.67. The average Bonchev–Trinajstić information content (AvgIpc) is 2.26. The molecule has 1 aromatic rings. The van der Waals surface area contributed by atoms with Crippen LogP contribution in [0.25, 0.3) is 0 Å². The van der Waals surface area contributed by atoms with E-state index in [1.165, 1.54) is 11.8 Å². The van der Waals surface area contributed by atoms with E-state index in [0.717, 1.165) is 11.3 Å². The van der Waals surface area contributed by atoms with Crippen LogP contribution in [0.3, 0.4) is 0 Å². The normalized spacial score (nSPS) is 10.0. The first-order valence-corrected chi connectivity index (χ1v) is 3.66. The summed E-state index contributed by atoms with van der Waals surface area (Å²) in [7, 11) is 3.09. The van der Waals surface area contributed by atoms with Gasteiger partial charge < -0.3 is 4.74 Å². The highest BCUT2D eigenvalue weighted by atomic mass is 16.5. The first-order valence-electron chi connectivity index (χ1n) is 3.66. The van der Waals surface area contributed by atoms with Crippen molar-refractivity contribution in [3.05, 3.63) is 17.0 Å². The Morgan fingerprint density at radius 3 is 2.42 bits per heavy atom. The lowest BCUT2D eigenvalue weighted by Gasteiger charge is -1.99. The average molecular weight is 168 g/mol. The second-order valence-corrected chi connectivity index (χ2v) is 2.67. The molecule has 4 heteroatoms. The van der Waals surface area contributed by atoms with Crippen molar-refractivity contribution in [2.45, 2.75) is 13.8 Å². The smallest absolute Gasteiger partial charge is 0.356 e. The number of carbonyl (C=O) groups is 1. The van der Waals surface area contributed by atoms with Gasteiger partial charge in [-0.25, -0.2) is 4.79 Å². The SMILES string of the molecule is COC(=O)c1c(C)c(C)nn1C. The zero-order valence-corrected chi connectivity index (χ0v) is 7.71. The molecular weight excluding hydrogens is 156 g/mol. The van der Waals surface area contributed by atoms with Gasteiger partial charge in [-0.1, -0.05) is 0 Å². The van der Waals surface area contributed by atoms with Gasteiger partial charge in [0.15, 0.2) is 0 Å². The fraction of sp³-hybridized carbons (Fsp3) is 0.500. The molecule has 1 aromatic heterocycles. The fourth-order valence-electron chi connectivity index (χ4n) is 1.15. The fourth-order valence-corrected chi connectivity index (χ4v) is 1.15. The molecule has 0 saturated heterocycles. The largest absolute Gasteiger partial charge is 0.464 e. The molecule has 1 rings (SSSR count). The molecule has 0 amide bonds. The number of nitrogens with zero attached hydrogens (tertiary/aromatic N) is 2. The molecule has 0 aliphatic heterocycles. The molecule has 0 fully saturated rings. The minimum atomic E-state index is -0.337. The van der Waals surface area contributed by atoms with Crippen molar-refractivity contribution >= 4 is 5.97 Å². The van der Waals surface area contributed by atoms with Crippen molar-refractivity contribution in [3.8, 4) is 0 Å². The second kappa shape index (κ2) is 2.97. The maximum absolute atomic E-state index is 11.2. The summed E-state index contributed by atoms with van der Waals surface area (Å²) >= 11 is 0. The first kappa shape index (κ1) is 8.77. The van der Waals surface area contributed by atoms with Gasteiger partial charge in [0.1, 0.15) is 5.69 Å². The summed E-state index contributed by atoms with van der Waals surface area (Å²) in [5.41, 5.74) is 2.26. The van der Waals surface area contributed by atoms with E-state index in [1.54, 1.807) is 7.05 Å². The van der Waals surface area contributed by atoms with Crippen LogP contribution in [-0.4, -0.2) is 22.9 Å². The number of hydrogen-bond donors (Lipinski definition) is 0. The van der Waals surface area contributed by atoms with E-state index in [-0.39, 0.29) is 5.97 Å². The standard InChI is InChI=1S/C8H12N2O2/c1-5-6(2)9-10(3)7(5)8(11)12-4/h1-4H3. The molecule has 4 nitrogen and oxygen atoms in total. The number of aryl methyl sites for hydroxylation is 2. The summed E-state index contributed by atoms with van der Waals surface area (Å²) in [6.07, 6.45) is 0. The lowest BCUT2D eigenvalue weighted by Crippen LogP contribution is -2.09. The molecule has 1 heterocycles. The highest BCUT2D eigenvalue weighted by molar-refractivity contribution is 5.89. The molecule has 0 aromatic carbocycles. The zero-order valence-electron chi connectivity index (χ0n) is 7.71. The van der Waals surface area contributed by atoms with Crippen molar-refractivity contribution in [1.82, 2.24) is 9.78 Å². The van der Waals surface area contributed by atoms with Crippen molar-refractivity contribution in [2.24, 2.45) is 7.05 Å². The minimum absolute atomic E-state index is 0.337. The molecule has 0 N–H and O–H groups in total. The highest BCUT2D eigenvalue weighted by Crippen LogP contribution is 2.11. The Labute approximate surface area is 71.1 Å². The predicted octanol–water partition coefficient (Wildman–Crippen LogP) is 0.824. The summed E-state index contributed by atoms with van der Waals surface area (Å²) in [6.45, 7) is 3.72. The Morgan fingerprint density at radius 1 is 1.50 bits per heavy atom. The monoisotopic (exact) mass is 168 g/mol. The van der Waals surface area contributed by atoms with Crippen LogP contribution < -0.4 is 0 Å². The van der Waals surface area contributed by atoms with E-state index < -0.39 is 0 Å². The lowest BCUT2D eigenvalue weighted by atomic mass is 10.2. The Hall–Kier alpha value is -1.32. The number of ether oxygens (including phenoxy) is 1. The van der Waals surface area contributed by atoms with Crippen molar-refractivity contribution < 1.29 is 9.53 Å². The van der Waals surface area contributed by atoms with Gasteiger partial charge in [-0.15, -0.1) is 0 Å². The molecule has 0 spiro atoms. The van der Waals surface area contributed by atoms with Crippen LogP contribution in [-0.2, 0) is 11.8 Å². The van der Waals surface area contributed by atoms with E-state index in [0.29, 0.717) is 5.69 Å². The van der Waals surface area contributed by atoms with Crippen LogP contribution in [0.15, 0.2) is 0 Å². The third-order valence-corrected chi connectivity index (χ3v) is 1.90. The van der Waals surface area contributed by atoms with E-state index in [9.17, 15) is 4.79 Å². The Kier molecular flexibility index (Phi) is 2.17. The molecular formula is C8H12N2O2. The van der Waals surface area contributed by atoms with Gasteiger partial charge in [0, 0.05) is 12.6 Å². The Balaban J connectivity index is 3.22. The highest BCUT2D eigenvalue weighted by Gasteiger charge is 2.16. The summed E-state index contributed by atoms with van der Waals surface area (Å²) in [5.74, 6) is -0.337. The predicted molar refractivity (Wildman–Crippen MR) is 44.0 cm³/mol. The van der Waals surface area contributed by atoms with Crippen LogP contribution in [0.1, 0.15) is 21.7 Å². The maximum atomic E-state index is 11.2. The summed E-state index contributed by atoms with van der Waals surface area (Å²) in [5, 5.41) is 4.10. The van der Waals surface area contributed by atoms with Gasteiger partial charge in [0.25, 0.3) is 0 Å². The number of esters is 1. The van der Waals surface area contributed by atoms with Gasteiger partial charge in [0.05, 0.1) is 12.8 Å². The molecule has 12 heavy (non-hydrogen) atoms. The number of hydrogen-bond acceptors (Lipinski definition) is 3. The molecule has 0 aliphatic rings. The van der Waals surface area contributed by atoms with Gasteiger partial charge in [-0.2, -0.15) is 5.10 Å². The molecule has 0 atom stereocenters. The molecule has 0 unspecified atom stereocenters. The van der Waals surface area contributed by atoms with Crippen molar-refractivity contribution in [3.63, 3.8) is 0 Å². The van der Waals surface area contributed by atoms with E-state index in [2.05, 4.69) is 9.84 Å². The molecule has 0 saturated carbocycles. The Morgan fingerprint density at radius 2 is 2.08 bits per heavy atom. The van der Waals surface area contributed by atoms with Gasteiger partial charge >= 0.3 is 5.97 Å².